The van der Waals surface area contributed by atoms with Crippen LogP contribution in [0.1, 0.15) is 26.0 Å². The van der Waals surface area contributed by atoms with Crippen LogP contribution in [0, 0.1) is 0 Å². The van der Waals surface area contributed by atoms with E-state index in [1.807, 2.05) is 24.6 Å². The first-order chi connectivity index (χ1) is 7.13. The van der Waals surface area contributed by atoms with Crippen molar-refractivity contribution >= 4 is 5.91 Å². The Bertz CT molecular complexity index is 321. The summed E-state index contributed by atoms with van der Waals surface area (Å²) in [5, 5.41) is 7.39. The molecule has 15 heavy (non-hydrogen) atoms. The van der Waals surface area contributed by atoms with E-state index in [9.17, 15) is 4.79 Å². The van der Waals surface area contributed by atoms with Crippen LogP contribution < -0.4 is 11.1 Å². The molecule has 0 aliphatic carbocycles. The van der Waals surface area contributed by atoms with E-state index in [-0.39, 0.29) is 11.9 Å². The van der Waals surface area contributed by atoms with E-state index in [4.69, 9.17) is 5.73 Å². The van der Waals surface area contributed by atoms with Gasteiger partial charge < -0.3 is 11.1 Å². The number of rotatable bonds is 6. The van der Waals surface area contributed by atoms with Crippen LogP contribution in [-0.2, 0) is 17.9 Å². The molecule has 0 aliphatic heterocycles. The quantitative estimate of drug-likeness (QED) is 0.707. The molecule has 0 saturated heterocycles. The average molecular weight is 210 g/mol. The normalized spacial score (nSPS) is 12.7. The Hall–Kier alpha value is -1.36. The zero-order chi connectivity index (χ0) is 11.3. The van der Waals surface area contributed by atoms with E-state index in [2.05, 4.69) is 10.4 Å². The van der Waals surface area contributed by atoms with E-state index in [1.165, 1.54) is 0 Å². The summed E-state index contributed by atoms with van der Waals surface area (Å²) in [6, 6.07) is 2.07. The molecule has 1 atom stereocenters. The Kier molecular flexibility index (Phi) is 4.30. The molecule has 1 aromatic rings. The number of nitrogens with one attached hydrogen (secondary N) is 1. The van der Waals surface area contributed by atoms with E-state index >= 15 is 0 Å². The van der Waals surface area contributed by atoms with Crippen molar-refractivity contribution in [2.75, 3.05) is 0 Å². The molecule has 0 saturated carbocycles. The molecule has 0 aliphatic rings. The van der Waals surface area contributed by atoms with Crippen LogP contribution >= 0.6 is 0 Å². The first kappa shape index (κ1) is 11.7. The molecule has 5 heteroatoms. The number of nitrogens with zero attached hydrogens (tertiary/aromatic N) is 2. The van der Waals surface area contributed by atoms with Crippen LogP contribution in [0.4, 0.5) is 0 Å². The molecule has 84 valence electrons. The third-order valence-electron chi connectivity index (χ3n) is 2.24. The predicted molar refractivity (Wildman–Crippen MR) is 58.0 cm³/mol. The maximum Gasteiger partial charge on any atom is 0.218 e. The summed E-state index contributed by atoms with van der Waals surface area (Å²) in [5.74, 6) is -0.279. The number of amides is 1. The molecule has 0 bridgehead atoms. The second-order valence-electron chi connectivity index (χ2n) is 3.59. The summed E-state index contributed by atoms with van der Waals surface area (Å²) >= 11 is 0. The van der Waals surface area contributed by atoms with Gasteiger partial charge in [0.05, 0.1) is 5.69 Å². The Morgan fingerprint density at radius 2 is 2.47 bits per heavy atom. The third kappa shape index (κ3) is 3.71. The molecule has 0 spiro atoms. The number of carbonyl (C=O) groups is 1. The number of primary amides is 1. The molecule has 1 rings (SSSR count). The Morgan fingerprint density at radius 3 is 3.07 bits per heavy atom. The SMILES string of the molecule is CCn1nccc1CNC(C)CC(N)=O. The third-order valence-corrected chi connectivity index (χ3v) is 2.24. The summed E-state index contributed by atoms with van der Waals surface area (Å²) in [5.41, 5.74) is 6.22. The largest absolute Gasteiger partial charge is 0.370 e. The molecule has 0 aromatic carbocycles. The van der Waals surface area contributed by atoms with E-state index < -0.39 is 0 Å². The van der Waals surface area contributed by atoms with Gasteiger partial charge in [-0.3, -0.25) is 9.48 Å². The summed E-state index contributed by atoms with van der Waals surface area (Å²) in [6.07, 6.45) is 2.14. The molecular formula is C10H18N4O. The smallest absolute Gasteiger partial charge is 0.218 e. The average Bonchev–Trinajstić information content (AvgIpc) is 2.60. The first-order valence-corrected chi connectivity index (χ1v) is 5.15. The van der Waals surface area contributed by atoms with Crippen molar-refractivity contribution in [2.24, 2.45) is 5.73 Å². The van der Waals surface area contributed by atoms with Gasteiger partial charge in [-0.2, -0.15) is 5.10 Å². The number of carbonyl (C=O) groups excluding carboxylic acids is 1. The summed E-state index contributed by atoms with van der Waals surface area (Å²) in [6.45, 7) is 5.55. The number of aryl methyl sites for hydroxylation is 1. The van der Waals surface area contributed by atoms with Gasteiger partial charge in [0.25, 0.3) is 0 Å². The van der Waals surface area contributed by atoms with Gasteiger partial charge in [-0.15, -0.1) is 0 Å². The number of aromatic nitrogens is 2. The molecular weight excluding hydrogens is 192 g/mol. The molecule has 1 amide bonds. The second kappa shape index (κ2) is 5.50. The standard InChI is InChI=1S/C10H18N4O/c1-3-14-9(4-5-13-14)7-12-8(2)6-10(11)15/h4-5,8,12H,3,6-7H2,1-2H3,(H2,11,15). The van der Waals surface area contributed by atoms with Gasteiger partial charge in [-0.25, -0.2) is 0 Å². The van der Waals surface area contributed by atoms with E-state index in [1.54, 1.807) is 6.20 Å². The zero-order valence-corrected chi connectivity index (χ0v) is 9.23. The van der Waals surface area contributed by atoms with Crippen molar-refractivity contribution < 1.29 is 4.79 Å². The highest BCUT2D eigenvalue weighted by Gasteiger charge is 2.06. The fourth-order valence-electron chi connectivity index (χ4n) is 1.45. The topological polar surface area (TPSA) is 72.9 Å². The minimum Gasteiger partial charge on any atom is -0.370 e. The van der Waals surface area contributed by atoms with Crippen LogP contribution in [0.3, 0.4) is 0 Å². The van der Waals surface area contributed by atoms with Crippen LogP contribution in [-0.4, -0.2) is 21.7 Å². The van der Waals surface area contributed by atoms with Gasteiger partial charge in [0.15, 0.2) is 0 Å². The van der Waals surface area contributed by atoms with E-state index in [0.717, 1.165) is 12.2 Å². The van der Waals surface area contributed by atoms with Gasteiger partial charge in [-0.1, -0.05) is 0 Å². The fourth-order valence-corrected chi connectivity index (χ4v) is 1.45. The van der Waals surface area contributed by atoms with Crippen molar-refractivity contribution in [2.45, 2.75) is 39.4 Å². The predicted octanol–water partition coefficient (Wildman–Crippen LogP) is 0.256. The van der Waals surface area contributed by atoms with Crippen molar-refractivity contribution in [1.29, 1.82) is 0 Å². The molecule has 3 N–H and O–H groups in total. The van der Waals surface area contributed by atoms with Crippen molar-refractivity contribution in [3.05, 3.63) is 18.0 Å². The highest BCUT2D eigenvalue weighted by atomic mass is 16.1. The van der Waals surface area contributed by atoms with Crippen molar-refractivity contribution in [1.82, 2.24) is 15.1 Å². The van der Waals surface area contributed by atoms with Crippen molar-refractivity contribution in [3.8, 4) is 0 Å². The molecule has 1 unspecified atom stereocenters. The monoisotopic (exact) mass is 210 g/mol. The first-order valence-electron chi connectivity index (χ1n) is 5.15. The maximum absolute atomic E-state index is 10.7. The van der Waals surface area contributed by atoms with E-state index in [0.29, 0.717) is 13.0 Å². The lowest BCUT2D eigenvalue weighted by atomic mass is 10.2. The van der Waals surface area contributed by atoms with Crippen LogP contribution in [0.2, 0.25) is 0 Å². The zero-order valence-electron chi connectivity index (χ0n) is 9.23. The molecule has 1 aromatic heterocycles. The summed E-state index contributed by atoms with van der Waals surface area (Å²) in [4.78, 5) is 10.7. The van der Waals surface area contributed by atoms with Gasteiger partial charge >= 0.3 is 0 Å². The molecule has 1 heterocycles. The summed E-state index contributed by atoms with van der Waals surface area (Å²) < 4.78 is 1.92. The Labute approximate surface area is 89.6 Å². The van der Waals surface area contributed by atoms with Crippen molar-refractivity contribution in [3.63, 3.8) is 0 Å². The lowest BCUT2D eigenvalue weighted by Gasteiger charge is -2.12. The minimum absolute atomic E-state index is 0.0997. The summed E-state index contributed by atoms with van der Waals surface area (Å²) in [7, 11) is 0. The van der Waals surface area contributed by atoms with Gasteiger partial charge in [0, 0.05) is 31.7 Å². The second-order valence-corrected chi connectivity index (χ2v) is 3.59. The lowest BCUT2D eigenvalue weighted by Crippen LogP contribution is -2.31. The molecule has 0 fully saturated rings. The van der Waals surface area contributed by atoms with Crippen LogP contribution in [0.25, 0.3) is 0 Å². The van der Waals surface area contributed by atoms with Gasteiger partial charge in [0.1, 0.15) is 0 Å². The highest BCUT2D eigenvalue weighted by molar-refractivity contribution is 5.74. The van der Waals surface area contributed by atoms with Gasteiger partial charge in [-0.05, 0) is 19.9 Å². The van der Waals surface area contributed by atoms with Crippen LogP contribution in [0.5, 0.6) is 0 Å². The number of hydrogen-bond donors (Lipinski definition) is 2. The minimum atomic E-state index is -0.279. The maximum atomic E-state index is 10.7. The number of hydrogen-bond acceptors (Lipinski definition) is 3. The Balaban J connectivity index is 2.39. The lowest BCUT2D eigenvalue weighted by molar-refractivity contribution is -0.118. The number of nitrogens with two attached hydrogens (primary N) is 1. The molecule has 5 nitrogen and oxygen atoms in total. The highest BCUT2D eigenvalue weighted by Crippen LogP contribution is 1.99. The molecule has 0 radical (unpaired) electrons. The van der Waals surface area contributed by atoms with Crippen LogP contribution in [0.15, 0.2) is 12.3 Å². The Morgan fingerprint density at radius 1 is 1.73 bits per heavy atom. The van der Waals surface area contributed by atoms with Gasteiger partial charge in [0.2, 0.25) is 5.91 Å². The fraction of sp³-hybridized carbons (Fsp3) is 0.600.